The lowest BCUT2D eigenvalue weighted by Gasteiger charge is -1.67. The van der Waals surface area contributed by atoms with Crippen LogP contribution in [-0.2, 0) is 0 Å². The van der Waals surface area contributed by atoms with Gasteiger partial charge in [0.1, 0.15) is 0 Å². The van der Waals surface area contributed by atoms with E-state index in [4.69, 9.17) is 11.1 Å². The Kier molecular flexibility index (Phi) is 5.03. The molecule has 7 heteroatoms. The van der Waals surface area contributed by atoms with Crippen LogP contribution in [0.2, 0.25) is 0 Å². The Labute approximate surface area is 50.1 Å². The van der Waals surface area contributed by atoms with Crippen LogP contribution in [-0.4, -0.2) is 20.6 Å². The Hall–Kier alpha value is -1.75. The van der Waals surface area contributed by atoms with E-state index in [1.165, 1.54) is 17.3 Å². The van der Waals surface area contributed by atoms with Crippen LogP contribution in [0.25, 0.3) is 16.0 Å². The second kappa shape index (κ2) is 6.25. The average Bonchev–Trinajstić information content (AvgIpc) is 1.93. The standard InChI is InChI=1S/C2H2N4.N3/c1-2-4-6-5-3-1;1-3-2/h1-2H;/q;-1. The summed E-state index contributed by atoms with van der Waals surface area (Å²) in [5, 5.41) is 13.1. The molecule has 0 aliphatic heterocycles. The summed E-state index contributed by atoms with van der Waals surface area (Å²) in [4.78, 5) is 1.50. The lowest BCUT2D eigenvalue weighted by Crippen LogP contribution is -1.84. The molecule has 1 heterocycles. The van der Waals surface area contributed by atoms with Crippen molar-refractivity contribution in [3.8, 4) is 0 Å². The first-order valence-electron chi connectivity index (χ1n) is 1.85. The molecule has 0 amide bonds. The van der Waals surface area contributed by atoms with Crippen molar-refractivity contribution in [1.29, 1.82) is 0 Å². The molecule has 0 saturated carbocycles. The van der Waals surface area contributed by atoms with Gasteiger partial charge in [0.15, 0.2) is 0 Å². The summed E-state index contributed by atoms with van der Waals surface area (Å²) in [5.41, 5.74) is 13.5. The Morgan fingerprint density at radius 2 is 1.33 bits per heavy atom. The third kappa shape index (κ3) is 6.25. The number of hydrogen-bond donors (Lipinski definition) is 0. The summed E-state index contributed by atoms with van der Waals surface area (Å²) in [6.07, 6.45) is 2.93. The summed E-state index contributed by atoms with van der Waals surface area (Å²) < 4.78 is 0. The highest BCUT2D eigenvalue weighted by Gasteiger charge is 1.61. The summed E-state index contributed by atoms with van der Waals surface area (Å²) in [7, 11) is 0. The SMILES string of the molecule is [N-]=[N+]=[N-].c1cnnnn1. The van der Waals surface area contributed by atoms with Gasteiger partial charge in [-0.3, -0.25) is 4.91 Å². The van der Waals surface area contributed by atoms with Crippen LogP contribution in [0.5, 0.6) is 0 Å². The molecular formula is C2H2N7-. The predicted molar refractivity (Wildman–Crippen MR) is 27.7 cm³/mol. The fraction of sp³-hybridized carbons (Fsp3) is 0. The van der Waals surface area contributed by atoms with Gasteiger partial charge in [0.05, 0.1) is 12.4 Å². The molecule has 0 aromatic carbocycles. The minimum atomic E-state index is 1.47. The molecule has 0 aliphatic rings. The van der Waals surface area contributed by atoms with Crippen molar-refractivity contribution in [2.45, 2.75) is 0 Å². The van der Waals surface area contributed by atoms with E-state index in [1.807, 2.05) is 0 Å². The van der Waals surface area contributed by atoms with Crippen molar-refractivity contribution in [2.24, 2.45) is 0 Å². The number of nitrogens with zero attached hydrogens (tertiary/aromatic N) is 7. The third-order valence-corrected chi connectivity index (χ3v) is 0.343. The highest BCUT2D eigenvalue weighted by molar-refractivity contribution is 4.52. The predicted octanol–water partition coefficient (Wildman–Crippen LogP) is 0.133. The van der Waals surface area contributed by atoms with E-state index >= 15 is 0 Å². The van der Waals surface area contributed by atoms with Crippen molar-refractivity contribution >= 4 is 0 Å². The van der Waals surface area contributed by atoms with Gasteiger partial charge in [0.2, 0.25) is 0 Å². The number of hydrogen-bond acceptors (Lipinski definition) is 4. The van der Waals surface area contributed by atoms with Gasteiger partial charge < -0.3 is 11.1 Å². The summed E-state index contributed by atoms with van der Waals surface area (Å²) in [5.74, 6) is 0. The Bertz CT molecular complexity index is 137. The molecule has 0 radical (unpaired) electrons. The molecule has 1 rings (SSSR count). The molecule has 0 saturated heterocycles. The monoisotopic (exact) mass is 124 g/mol. The molecule has 0 spiro atoms. The van der Waals surface area contributed by atoms with Gasteiger partial charge in [-0.15, -0.1) is 10.2 Å². The lowest BCUT2D eigenvalue weighted by molar-refractivity contribution is 0.761. The summed E-state index contributed by atoms with van der Waals surface area (Å²) in [6.45, 7) is 0. The van der Waals surface area contributed by atoms with Crippen LogP contribution < -0.4 is 0 Å². The van der Waals surface area contributed by atoms with E-state index < -0.39 is 0 Å². The van der Waals surface area contributed by atoms with Crippen LogP contribution in [0.1, 0.15) is 0 Å². The lowest BCUT2D eigenvalue weighted by atomic mass is 11.0. The topological polar surface area (TPSA) is 110 Å². The maximum absolute atomic E-state index is 6.75. The van der Waals surface area contributed by atoms with E-state index in [2.05, 4.69) is 20.6 Å². The van der Waals surface area contributed by atoms with Gasteiger partial charge in [-0.1, -0.05) is 0 Å². The second-order valence-electron chi connectivity index (χ2n) is 0.797. The Balaban J connectivity index is 0.000000187. The van der Waals surface area contributed by atoms with Crippen LogP contribution in [0.4, 0.5) is 0 Å². The third-order valence-electron chi connectivity index (χ3n) is 0.343. The van der Waals surface area contributed by atoms with E-state index in [1.54, 1.807) is 0 Å². The molecule has 0 bridgehead atoms. The molecule has 0 atom stereocenters. The first-order chi connectivity index (χ1) is 4.41. The molecule has 7 nitrogen and oxygen atoms in total. The Morgan fingerprint density at radius 1 is 1.00 bits per heavy atom. The minimum Gasteiger partial charge on any atom is -0.373 e. The van der Waals surface area contributed by atoms with Crippen LogP contribution in [0.3, 0.4) is 0 Å². The molecule has 0 aliphatic carbocycles. The molecule has 0 unspecified atom stereocenters. The first kappa shape index (κ1) is 7.25. The van der Waals surface area contributed by atoms with Crippen LogP contribution in [0.15, 0.2) is 12.4 Å². The van der Waals surface area contributed by atoms with E-state index in [-0.39, 0.29) is 0 Å². The first-order valence-corrected chi connectivity index (χ1v) is 1.85. The highest BCUT2D eigenvalue weighted by atomic mass is 15.4. The minimum absolute atomic E-state index is 1.47. The van der Waals surface area contributed by atoms with Crippen molar-refractivity contribution in [1.82, 2.24) is 20.6 Å². The summed E-state index contributed by atoms with van der Waals surface area (Å²) >= 11 is 0. The van der Waals surface area contributed by atoms with Gasteiger partial charge in [-0.05, 0) is 10.4 Å². The second-order valence-corrected chi connectivity index (χ2v) is 0.797. The number of aromatic nitrogens is 4. The normalized spacial score (nSPS) is 6.22. The molecular weight excluding hydrogens is 122 g/mol. The summed E-state index contributed by atoms with van der Waals surface area (Å²) in [6, 6.07) is 0. The molecule has 1 aromatic heterocycles. The van der Waals surface area contributed by atoms with Gasteiger partial charge in [-0.25, -0.2) is 0 Å². The quantitative estimate of drug-likeness (QED) is 0.278. The zero-order chi connectivity index (χ0) is 6.95. The molecule has 46 valence electrons. The molecule has 9 heavy (non-hydrogen) atoms. The average molecular weight is 124 g/mol. The van der Waals surface area contributed by atoms with E-state index in [9.17, 15) is 0 Å². The zero-order valence-corrected chi connectivity index (χ0v) is 4.29. The van der Waals surface area contributed by atoms with Crippen molar-refractivity contribution in [3.63, 3.8) is 0 Å². The van der Waals surface area contributed by atoms with Crippen molar-refractivity contribution < 1.29 is 0 Å². The van der Waals surface area contributed by atoms with Crippen molar-refractivity contribution in [2.75, 3.05) is 0 Å². The van der Waals surface area contributed by atoms with Gasteiger partial charge in [0.25, 0.3) is 0 Å². The van der Waals surface area contributed by atoms with Gasteiger partial charge >= 0.3 is 0 Å². The van der Waals surface area contributed by atoms with Crippen LogP contribution in [0, 0.1) is 0 Å². The Morgan fingerprint density at radius 3 is 1.44 bits per heavy atom. The largest absolute Gasteiger partial charge is 0.373 e. The van der Waals surface area contributed by atoms with Gasteiger partial charge in [-0.2, -0.15) is 0 Å². The van der Waals surface area contributed by atoms with E-state index in [0.29, 0.717) is 0 Å². The maximum atomic E-state index is 6.75. The van der Waals surface area contributed by atoms with Gasteiger partial charge in [0, 0.05) is 0 Å². The smallest absolute Gasteiger partial charge is 0.0716 e. The van der Waals surface area contributed by atoms with E-state index in [0.717, 1.165) is 0 Å². The fourth-order valence-corrected chi connectivity index (χ4v) is 0.165. The van der Waals surface area contributed by atoms with Crippen LogP contribution >= 0.6 is 0 Å². The fourth-order valence-electron chi connectivity index (χ4n) is 0.165. The van der Waals surface area contributed by atoms with Crippen molar-refractivity contribution in [3.05, 3.63) is 28.4 Å². The molecule has 0 N–H and O–H groups in total. The molecule has 0 fully saturated rings. The maximum Gasteiger partial charge on any atom is 0.0716 e. The number of rotatable bonds is 0. The zero-order valence-electron chi connectivity index (χ0n) is 4.29. The highest BCUT2D eigenvalue weighted by Crippen LogP contribution is 1.53. The molecule has 1 aromatic rings.